The second-order valence-electron chi connectivity index (χ2n) is 15.5. The molecule has 0 aliphatic carbocycles. The monoisotopic (exact) mass is 862 g/mol. The number of nitriles is 1. The largest absolute Gasteiger partial charge is 0.416 e. The van der Waals surface area contributed by atoms with E-state index in [1.54, 1.807) is 42.5 Å². The Bertz CT molecular complexity index is 3340. The van der Waals surface area contributed by atoms with E-state index in [0.717, 1.165) is 57.3 Å². The average molecular weight is 863 g/mol. The number of para-hydroxylation sites is 1. The van der Waals surface area contributed by atoms with Gasteiger partial charge in [-0.25, -0.2) is 9.97 Å². The van der Waals surface area contributed by atoms with Gasteiger partial charge in [-0.3, -0.25) is 0 Å². The highest BCUT2D eigenvalue weighted by molar-refractivity contribution is 6.12. The summed E-state index contributed by atoms with van der Waals surface area (Å²) in [5, 5.41) is 11.2. The molecule has 65 heavy (non-hydrogen) atoms. The number of nitrogens with zero attached hydrogens (tertiary/aromatic N) is 4. The first-order chi connectivity index (χ1) is 31.4. The highest BCUT2D eigenvalue weighted by Crippen LogP contribution is 2.46. The van der Waals surface area contributed by atoms with Crippen LogP contribution in [0.5, 0.6) is 0 Å². The summed E-state index contributed by atoms with van der Waals surface area (Å²) in [5.74, 6) is 0.213. The summed E-state index contributed by atoms with van der Waals surface area (Å²) in [5.41, 5.74) is 5.96. The van der Waals surface area contributed by atoms with Crippen molar-refractivity contribution in [3.8, 4) is 79.0 Å². The van der Waals surface area contributed by atoms with Crippen molar-refractivity contribution >= 4 is 21.8 Å². The van der Waals surface area contributed by atoms with Crippen molar-refractivity contribution in [3.63, 3.8) is 0 Å². The average Bonchev–Trinajstić information content (AvgIpc) is 3.67. The first kappa shape index (κ1) is 40.8. The van der Waals surface area contributed by atoms with Crippen LogP contribution in [-0.2, 0) is 12.4 Å². The molecule has 4 nitrogen and oxygen atoms in total. The van der Waals surface area contributed by atoms with Gasteiger partial charge in [0.15, 0.2) is 5.82 Å². The smallest absolute Gasteiger partial charge is 0.308 e. The summed E-state index contributed by atoms with van der Waals surface area (Å²) in [6.45, 7) is 0. The summed E-state index contributed by atoms with van der Waals surface area (Å²) in [6.07, 6.45) is -9.41. The predicted octanol–water partition coefficient (Wildman–Crippen LogP) is 15.5. The Morgan fingerprint density at radius 2 is 0.892 bits per heavy atom. The van der Waals surface area contributed by atoms with E-state index in [1.165, 1.54) is 12.1 Å². The van der Waals surface area contributed by atoms with Gasteiger partial charge in [-0.15, -0.1) is 0 Å². The standard InChI is InChI=1S/C55H32F6N4/c56-54(57,58)42-20-10-18-39(27-42)45-30-41(53-63-48(35-13-3-1-4-14-35)32-49(64-53)36-15-5-2-6-16-36)31-46(40-19-11-21-43(28-40)55(59,60)61)52(45)65-50-23-8-7-22-44(50)47-29-38(24-25-51(47)65)37-17-9-12-34(26-37)33-62/h1-32H. The molecule has 10 rings (SSSR count). The van der Waals surface area contributed by atoms with E-state index in [0.29, 0.717) is 50.4 Å². The van der Waals surface area contributed by atoms with E-state index >= 15 is 0 Å². The molecule has 0 saturated carbocycles. The van der Waals surface area contributed by atoms with E-state index in [4.69, 9.17) is 9.97 Å². The number of hydrogen-bond acceptors (Lipinski definition) is 3. The second kappa shape index (κ2) is 16.1. The summed E-state index contributed by atoms with van der Waals surface area (Å²) >= 11 is 0. The minimum atomic E-state index is -4.71. The molecule has 0 atom stereocenters. The molecule has 0 radical (unpaired) electrons. The van der Waals surface area contributed by atoms with E-state index < -0.39 is 23.5 Å². The van der Waals surface area contributed by atoms with Crippen molar-refractivity contribution < 1.29 is 26.3 Å². The summed E-state index contributed by atoms with van der Waals surface area (Å²) in [7, 11) is 0. The first-order valence-electron chi connectivity index (χ1n) is 20.5. The van der Waals surface area contributed by atoms with Gasteiger partial charge in [0.25, 0.3) is 0 Å². The minimum Gasteiger partial charge on any atom is -0.308 e. The first-order valence-corrected chi connectivity index (χ1v) is 20.5. The number of rotatable bonds is 7. The zero-order chi connectivity index (χ0) is 44.9. The lowest BCUT2D eigenvalue weighted by molar-refractivity contribution is -0.138. The number of halogens is 6. The topological polar surface area (TPSA) is 54.5 Å². The Balaban J connectivity index is 1.34. The molecule has 10 aromatic rings. The van der Waals surface area contributed by atoms with E-state index in [-0.39, 0.29) is 17.0 Å². The molecule has 0 aliphatic heterocycles. The van der Waals surface area contributed by atoms with Gasteiger partial charge >= 0.3 is 12.4 Å². The Labute approximate surface area is 369 Å². The lowest BCUT2D eigenvalue weighted by atomic mass is 9.91. The normalized spacial score (nSPS) is 11.8. The molecule has 0 fully saturated rings. The van der Waals surface area contributed by atoms with Crippen LogP contribution in [0, 0.1) is 11.3 Å². The van der Waals surface area contributed by atoms with E-state index in [1.807, 2.05) is 120 Å². The number of fused-ring (bicyclic) bond motifs is 3. The van der Waals surface area contributed by atoms with Gasteiger partial charge < -0.3 is 4.57 Å². The molecule has 0 saturated heterocycles. The lowest BCUT2D eigenvalue weighted by Crippen LogP contribution is -2.07. The third-order valence-electron chi connectivity index (χ3n) is 11.5. The molecule has 8 aromatic carbocycles. The van der Waals surface area contributed by atoms with Gasteiger partial charge in [-0.1, -0.05) is 121 Å². The molecule has 314 valence electrons. The summed E-state index contributed by atoms with van der Waals surface area (Å²) in [4.78, 5) is 10.1. The number of hydrogen-bond donors (Lipinski definition) is 0. The van der Waals surface area contributed by atoms with Crippen LogP contribution in [0.1, 0.15) is 16.7 Å². The van der Waals surface area contributed by atoms with Gasteiger partial charge in [0, 0.05) is 38.6 Å². The van der Waals surface area contributed by atoms with Crippen LogP contribution in [-0.4, -0.2) is 14.5 Å². The maximum Gasteiger partial charge on any atom is 0.416 e. The zero-order valence-electron chi connectivity index (χ0n) is 34.0. The van der Waals surface area contributed by atoms with Crippen LogP contribution < -0.4 is 0 Å². The Morgan fingerprint density at radius 3 is 1.46 bits per heavy atom. The number of aromatic nitrogens is 3. The van der Waals surface area contributed by atoms with Crippen molar-refractivity contribution in [2.24, 2.45) is 0 Å². The Kier molecular flexibility index (Phi) is 10.1. The highest BCUT2D eigenvalue weighted by atomic mass is 19.4. The predicted molar refractivity (Wildman–Crippen MR) is 244 cm³/mol. The zero-order valence-corrected chi connectivity index (χ0v) is 34.0. The summed E-state index contributed by atoms with van der Waals surface area (Å²) in [6, 6.07) is 56.8. The van der Waals surface area contributed by atoms with Gasteiger partial charge in [0.2, 0.25) is 0 Å². The molecule has 0 unspecified atom stereocenters. The van der Waals surface area contributed by atoms with Crippen molar-refractivity contribution in [2.75, 3.05) is 0 Å². The van der Waals surface area contributed by atoms with Gasteiger partial charge in [0.1, 0.15) is 0 Å². The Hall–Kier alpha value is -8.29. The minimum absolute atomic E-state index is 0.170. The molecule has 0 aliphatic rings. The third-order valence-corrected chi connectivity index (χ3v) is 11.5. The molecule has 2 heterocycles. The molecule has 0 spiro atoms. The molecule has 2 aromatic heterocycles. The summed E-state index contributed by atoms with van der Waals surface area (Å²) < 4.78 is 89.5. The van der Waals surface area contributed by atoms with Crippen molar-refractivity contribution in [1.29, 1.82) is 5.26 Å². The van der Waals surface area contributed by atoms with Crippen LogP contribution in [0.25, 0.3) is 94.8 Å². The van der Waals surface area contributed by atoms with Crippen molar-refractivity contribution in [2.45, 2.75) is 12.4 Å². The molecule has 0 bridgehead atoms. The SMILES string of the molecule is N#Cc1cccc(-c2ccc3c(c2)c2ccccc2n3-c2c(-c3cccc(C(F)(F)F)c3)cc(-c3nc(-c4ccccc4)cc(-c4ccccc4)n3)cc2-c2cccc(C(F)(F)F)c2)c1. The fourth-order valence-electron chi connectivity index (χ4n) is 8.42. The molecule has 0 amide bonds. The maximum atomic E-state index is 14.6. The molecule has 0 N–H and O–H groups in total. The second-order valence-corrected chi connectivity index (χ2v) is 15.5. The lowest BCUT2D eigenvalue weighted by Gasteiger charge is -2.22. The van der Waals surface area contributed by atoms with Crippen LogP contribution in [0.4, 0.5) is 26.3 Å². The van der Waals surface area contributed by atoms with Crippen LogP contribution in [0.15, 0.2) is 194 Å². The number of alkyl halides is 6. The fraction of sp³-hybridized carbons (Fsp3) is 0.0364. The van der Waals surface area contributed by atoms with Crippen LogP contribution in [0.3, 0.4) is 0 Å². The van der Waals surface area contributed by atoms with Crippen molar-refractivity contribution in [1.82, 2.24) is 14.5 Å². The van der Waals surface area contributed by atoms with Crippen molar-refractivity contribution in [3.05, 3.63) is 211 Å². The Morgan fingerprint density at radius 1 is 0.400 bits per heavy atom. The highest BCUT2D eigenvalue weighted by Gasteiger charge is 2.33. The fourth-order valence-corrected chi connectivity index (χ4v) is 8.42. The quantitative estimate of drug-likeness (QED) is 0.150. The van der Waals surface area contributed by atoms with E-state index in [2.05, 4.69) is 6.07 Å². The number of benzene rings is 8. The maximum absolute atomic E-state index is 14.6. The van der Waals surface area contributed by atoms with Gasteiger partial charge in [0.05, 0.1) is 50.9 Å². The van der Waals surface area contributed by atoms with Crippen LogP contribution >= 0.6 is 0 Å². The van der Waals surface area contributed by atoms with Gasteiger partial charge in [-0.05, 0) is 95.1 Å². The van der Waals surface area contributed by atoms with Gasteiger partial charge in [-0.2, -0.15) is 31.6 Å². The molecule has 10 heteroatoms. The molecular weight excluding hydrogens is 831 g/mol. The third kappa shape index (κ3) is 7.78. The molecular formula is C55H32F6N4. The van der Waals surface area contributed by atoms with Crippen LogP contribution in [0.2, 0.25) is 0 Å². The van der Waals surface area contributed by atoms with E-state index in [9.17, 15) is 31.6 Å².